The second-order valence-corrected chi connectivity index (χ2v) is 7.65. The van der Waals surface area contributed by atoms with Crippen LogP contribution in [0.5, 0.6) is 0 Å². The number of benzene rings is 2. The molecule has 0 amide bonds. The van der Waals surface area contributed by atoms with Crippen LogP contribution >= 0.6 is 23.5 Å². The van der Waals surface area contributed by atoms with Crippen molar-refractivity contribution in [2.45, 2.75) is 12.1 Å². The van der Waals surface area contributed by atoms with Gasteiger partial charge in [0.05, 0.1) is 12.1 Å². The SMILES string of the molecule is C1=CN(C(c2ccccc2)C(c2ccccc2)N2C=CSC=C2)C=CS1. The van der Waals surface area contributed by atoms with Gasteiger partial charge in [0.25, 0.3) is 0 Å². The summed E-state index contributed by atoms with van der Waals surface area (Å²) in [6.45, 7) is 0. The van der Waals surface area contributed by atoms with E-state index in [2.05, 4.69) is 117 Å². The predicted molar refractivity (Wildman–Crippen MR) is 114 cm³/mol. The molecule has 0 aromatic heterocycles. The molecule has 2 aromatic rings. The minimum Gasteiger partial charge on any atom is -0.343 e. The number of nitrogens with zero attached hydrogens (tertiary/aromatic N) is 2. The molecular weight excluding hydrogens is 356 g/mol. The standard InChI is InChI=1S/C22H20N2S2/c1-3-7-19(8-4-1)21(23-11-15-25-16-12-23)22(20-9-5-2-6-10-20)24-13-17-26-18-14-24/h1-18,21-22H. The third-order valence-electron chi connectivity index (χ3n) is 4.47. The number of thioether (sulfide) groups is 2. The van der Waals surface area contributed by atoms with Gasteiger partial charge in [0.2, 0.25) is 0 Å². The first-order valence-corrected chi connectivity index (χ1v) is 10.4. The van der Waals surface area contributed by atoms with E-state index < -0.39 is 0 Å². The van der Waals surface area contributed by atoms with Crippen LogP contribution < -0.4 is 0 Å². The lowest BCUT2D eigenvalue weighted by Gasteiger charge is -2.41. The van der Waals surface area contributed by atoms with Gasteiger partial charge in [-0.05, 0) is 32.8 Å². The van der Waals surface area contributed by atoms with E-state index in [1.54, 1.807) is 23.5 Å². The van der Waals surface area contributed by atoms with E-state index in [4.69, 9.17) is 0 Å². The highest BCUT2D eigenvalue weighted by Gasteiger charge is 2.32. The van der Waals surface area contributed by atoms with E-state index in [0.717, 1.165) is 0 Å². The first-order chi connectivity index (χ1) is 12.9. The molecule has 2 atom stereocenters. The monoisotopic (exact) mass is 376 g/mol. The van der Waals surface area contributed by atoms with Crippen LogP contribution in [0.4, 0.5) is 0 Å². The van der Waals surface area contributed by atoms with E-state index in [9.17, 15) is 0 Å². The summed E-state index contributed by atoms with van der Waals surface area (Å²) in [6.07, 6.45) is 8.68. The predicted octanol–water partition coefficient (Wildman–Crippen LogP) is 6.45. The fourth-order valence-electron chi connectivity index (χ4n) is 3.32. The van der Waals surface area contributed by atoms with Crippen LogP contribution in [-0.2, 0) is 0 Å². The zero-order chi connectivity index (χ0) is 17.6. The van der Waals surface area contributed by atoms with Gasteiger partial charge in [-0.1, -0.05) is 60.7 Å². The van der Waals surface area contributed by atoms with Crippen molar-refractivity contribution in [3.8, 4) is 0 Å². The lowest BCUT2D eigenvalue weighted by Crippen LogP contribution is -2.33. The van der Waals surface area contributed by atoms with Crippen molar-refractivity contribution >= 4 is 23.5 Å². The molecule has 0 bridgehead atoms. The van der Waals surface area contributed by atoms with Gasteiger partial charge in [-0.3, -0.25) is 0 Å². The lowest BCUT2D eigenvalue weighted by molar-refractivity contribution is 0.216. The average molecular weight is 377 g/mol. The van der Waals surface area contributed by atoms with Crippen molar-refractivity contribution < 1.29 is 0 Å². The van der Waals surface area contributed by atoms with Gasteiger partial charge in [0.1, 0.15) is 0 Å². The third kappa shape index (κ3) is 3.76. The highest BCUT2D eigenvalue weighted by Crippen LogP contribution is 2.41. The Morgan fingerprint density at radius 3 is 1.19 bits per heavy atom. The summed E-state index contributed by atoms with van der Waals surface area (Å²) >= 11 is 3.41. The van der Waals surface area contributed by atoms with Crippen LogP contribution in [0.2, 0.25) is 0 Å². The molecule has 0 spiro atoms. The topological polar surface area (TPSA) is 6.48 Å². The molecule has 0 fully saturated rings. The second kappa shape index (κ2) is 8.39. The molecule has 0 aliphatic carbocycles. The smallest absolute Gasteiger partial charge is 0.0829 e. The van der Waals surface area contributed by atoms with Crippen molar-refractivity contribution in [1.29, 1.82) is 0 Å². The van der Waals surface area contributed by atoms with Crippen LogP contribution in [0, 0.1) is 0 Å². The molecule has 0 saturated heterocycles. The Morgan fingerprint density at radius 2 is 0.846 bits per heavy atom. The van der Waals surface area contributed by atoms with Crippen LogP contribution in [0.15, 0.2) is 107 Å². The van der Waals surface area contributed by atoms with E-state index in [-0.39, 0.29) is 12.1 Å². The van der Waals surface area contributed by atoms with Crippen molar-refractivity contribution in [1.82, 2.24) is 9.80 Å². The quantitative estimate of drug-likeness (QED) is 0.591. The summed E-state index contributed by atoms with van der Waals surface area (Å²) in [6, 6.07) is 21.8. The summed E-state index contributed by atoms with van der Waals surface area (Å²) in [5.74, 6) is 0. The Morgan fingerprint density at radius 1 is 0.500 bits per heavy atom. The van der Waals surface area contributed by atoms with Crippen molar-refractivity contribution in [2.75, 3.05) is 0 Å². The van der Waals surface area contributed by atoms with Crippen LogP contribution in [0.3, 0.4) is 0 Å². The second-order valence-electron chi connectivity index (χ2n) is 6.02. The van der Waals surface area contributed by atoms with Crippen LogP contribution in [-0.4, -0.2) is 9.80 Å². The van der Waals surface area contributed by atoms with Crippen molar-refractivity contribution in [3.05, 3.63) is 118 Å². The molecule has 130 valence electrons. The number of hydrogen-bond acceptors (Lipinski definition) is 4. The summed E-state index contributed by atoms with van der Waals surface area (Å²) in [7, 11) is 0. The normalized spacial score (nSPS) is 18.2. The van der Waals surface area contributed by atoms with Gasteiger partial charge in [0.15, 0.2) is 0 Å². The summed E-state index contributed by atoms with van der Waals surface area (Å²) in [4.78, 5) is 4.62. The first-order valence-electron chi connectivity index (χ1n) is 8.56. The zero-order valence-electron chi connectivity index (χ0n) is 14.3. The van der Waals surface area contributed by atoms with Crippen LogP contribution in [0.1, 0.15) is 23.2 Å². The molecule has 0 saturated carbocycles. The van der Waals surface area contributed by atoms with E-state index in [1.165, 1.54) is 11.1 Å². The summed E-state index contributed by atoms with van der Waals surface area (Å²) < 4.78 is 0. The highest BCUT2D eigenvalue weighted by atomic mass is 32.2. The summed E-state index contributed by atoms with van der Waals surface area (Å²) in [5.41, 5.74) is 2.59. The third-order valence-corrected chi connectivity index (χ3v) is 5.59. The molecule has 2 nitrogen and oxygen atoms in total. The fraction of sp³-hybridized carbons (Fsp3) is 0.0909. The average Bonchev–Trinajstić information content (AvgIpc) is 2.74. The Bertz CT molecular complexity index is 732. The van der Waals surface area contributed by atoms with E-state index in [1.807, 2.05) is 0 Å². The van der Waals surface area contributed by atoms with Gasteiger partial charge in [0, 0.05) is 24.8 Å². The number of hydrogen-bond donors (Lipinski definition) is 0. The molecule has 2 aromatic carbocycles. The van der Waals surface area contributed by atoms with Gasteiger partial charge < -0.3 is 9.80 Å². The fourth-order valence-corrected chi connectivity index (χ4v) is 4.34. The molecule has 0 radical (unpaired) electrons. The number of rotatable bonds is 5. The van der Waals surface area contributed by atoms with Gasteiger partial charge in [-0.25, -0.2) is 0 Å². The Hall–Kier alpha value is -2.30. The molecule has 2 heterocycles. The van der Waals surface area contributed by atoms with E-state index in [0.29, 0.717) is 0 Å². The summed E-state index contributed by atoms with van der Waals surface area (Å²) in [5, 5.41) is 8.54. The molecule has 4 rings (SSSR count). The first kappa shape index (κ1) is 17.1. The maximum atomic E-state index is 2.31. The zero-order valence-corrected chi connectivity index (χ0v) is 15.9. The molecule has 0 N–H and O–H groups in total. The molecule has 26 heavy (non-hydrogen) atoms. The molecular formula is C22H20N2S2. The highest BCUT2D eigenvalue weighted by molar-refractivity contribution is 8.05. The van der Waals surface area contributed by atoms with Crippen molar-refractivity contribution in [2.24, 2.45) is 0 Å². The van der Waals surface area contributed by atoms with Crippen LogP contribution in [0.25, 0.3) is 0 Å². The Kier molecular flexibility index (Phi) is 5.53. The van der Waals surface area contributed by atoms with Crippen molar-refractivity contribution in [3.63, 3.8) is 0 Å². The molecule has 2 aliphatic heterocycles. The Balaban J connectivity index is 1.83. The maximum Gasteiger partial charge on any atom is 0.0829 e. The minimum atomic E-state index is 0.157. The largest absolute Gasteiger partial charge is 0.343 e. The van der Waals surface area contributed by atoms with Gasteiger partial charge >= 0.3 is 0 Å². The molecule has 2 unspecified atom stereocenters. The Labute approximate surface area is 163 Å². The molecule has 4 heteroatoms. The van der Waals surface area contributed by atoms with E-state index >= 15 is 0 Å². The minimum absolute atomic E-state index is 0.157. The van der Waals surface area contributed by atoms with Gasteiger partial charge in [-0.2, -0.15) is 0 Å². The lowest BCUT2D eigenvalue weighted by atomic mass is 9.91. The molecule has 2 aliphatic rings. The maximum absolute atomic E-state index is 2.31. The van der Waals surface area contributed by atoms with Gasteiger partial charge in [-0.15, -0.1) is 23.5 Å².